The van der Waals surface area contributed by atoms with Gasteiger partial charge in [0.2, 0.25) is 5.91 Å². The molecule has 2 N–H and O–H groups in total. The van der Waals surface area contributed by atoms with E-state index in [0.29, 0.717) is 30.6 Å². The molecule has 7 nitrogen and oxygen atoms in total. The van der Waals surface area contributed by atoms with Gasteiger partial charge in [-0.25, -0.2) is 0 Å². The average molecular weight is 402 g/mol. The number of ether oxygens (including phenoxy) is 1. The van der Waals surface area contributed by atoms with E-state index >= 15 is 0 Å². The Hall–Kier alpha value is -2.78. The number of carboxylic acids is 1. The number of benzene rings is 1. The molecule has 0 aliphatic carbocycles. The summed E-state index contributed by atoms with van der Waals surface area (Å²) in [4.78, 5) is 22.3. The summed E-state index contributed by atoms with van der Waals surface area (Å²) >= 11 is 0. The van der Waals surface area contributed by atoms with Gasteiger partial charge in [-0.1, -0.05) is 18.5 Å². The second kappa shape index (κ2) is 8.94. The molecule has 1 aromatic carbocycles. The van der Waals surface area contributed by atoms with Crippen molar-refractivity contribution >= 4 is 22.8 Å². The van der Waals surface area contributed by atoms with E-state index in [-0.39, 0.29) is 24.0 Å². The van der Waals surface area contributed by atoms with Crippen molar-refractivity contribution in [1.82, 2.24) is 10.5 Å². The minimum absolute atomic E-state index is 0.0414. The first-order valence-corrected chi connectivity index (χ1v) is 8.78. The number of aryl methyl sites for hydroxylation is 1. The van der Waals surface area contributed by atoms with Gasteiger partial charge in [0.15, 0.2) is 11.3 Å². The zero-order valence-corrected chi connectivity index (χ0v) is 15.4. The third-order valence-electron chi connectivity index (χ3n) is 4.02. The van der Waals surface area contributed by atoms with Crippen LogP contribution in [-0.2, 0) is 22.2 Å². The SMILES string of the molecule is CCCc1c(OCCCC(=O)N[C@@H](C)C(=O)O)ccc2c(C(F)(F)F)noc12. The van der Waals surface area contributed by atoms with Crippen molar-refractivity contribution in [2.75, 3.05) is 6.61 Å². The van der Waals surface area contributed by atoms with Crippen molar-refractivity contribution in [3.05, 3.63) is 23.4 Å². The molecule has 1 amide bonds. The molecule has 2 rings (SSSR count). The van der Waals surface area contributed by atoms with Gasteiger partial charge < -0.3 is 19.7 Å². The highest BCUT2D eigenvalue weighted by molar-refractivity contribution is 5.85. The highest BCUT2D eigenvalue weighted by Crippen LogP contribution is 2.38. The van der Waals surface area contributed by atoms with Gasteiger partial charge in [-0.15, -0.1) is 0 Å². The van der Waals surface area contributed by atoms with Gasteiger partial charge in [-0.3, -0.25) is 9.59 Å². The Balaban J connectivity index is 2.05. The van der Waals surface area contributed by atoms with Crippen LogP contribution in [0.2, 0.25) is 0 Å². The van der Waals surface area contributed by atoms with Crippen LogP contribution in [0.3, 0.4) is 0 Å². The van der Waals surface area contributed by atoms with Gasteiger partial charge in [0.1, 0.15) is 11.8 Å². The van der Waals surface area contributed by atoms with E-state index in [4.69, 9.17) is 14.4 Å². The molecule has 28 heavy (non-hydrogen) atoms. The summed E-state index contributed by atoms with van der Waals surface area (Å²) in [6.07, 6.45) is -3.14. The normalized spacial score (nSPS) is 12.8. The molecule has 154 valence electrons. The number of aromatic nitrogens is 1. The number of aliphatic carboxylic acids is 1. The Morgan fingerprint density at radius 1 is 1.36 bits per heavy atom. The Morgan fingerprint density at radius 3 is 2.68 bits per heavy atom. The topological polar surface area (TPSA) is 102 Å². The third kappa shape index (κ3) is 5.14. The summed E-state index contributed by atoms with van der Waals surface area (Å²) in [5.41, 5.74) is -0.540. The van der Waals surface area contributed by atoms with E-state index in [9.17, 15) is 22.8 Å². The highest BCUT2D eigenvalue weighted by atomic mass is 19.4. The fraction of sp³-hybridized carbons (Fsp3) is 0.500. The molecule has 0 saturated carbocycles. The lowest BCUT2D eigenvalue weighted by atomic mass is 10.0. The maximum atomic E-state index is 13.0. The Morgan fingerprint density at radius 2 is 2.07 bits per heavy atom. The number of carboxylic acid groups (broad SMARTS) is 1. The molecule has 0 radical (unpaired) electrons. The molecule has 0 saturated heterocycles. The zero-order valence-electron chi connectivity index (χ0n) is 15.4. The number of hydrogen-bond donors (Lipinski definition) is 2. The summed E-state index contributed by atoms with van der Waals surface area (Å²) in [5.74, 6) is -1.18. The number of carbonyl (C=O) groups excluding carboxylic acids is 1. The first-order valence-electron chi connectivity index (χ1n) is 8.78. The smallest absolute Gasteiger partial charge is 0.437 e. The number of nitrogens with zero attached hydrogens (tertiary/aromatic N) is 1. The minimum atomic E-state index is -4.61. The molecule has 0 bridgehead atoms. The fourth-order valence-corrected chi connectivity index (χ4v) is 2.66. The van der Waals surface area contributed by atoms with Gasteiger partial charge in [0.05, 0.1) is 12.0 Å². The maximum absolute atomic E-state index is 13.0. The summed E-state index contributed by atoms with van der Waals surface area (Å²) in [6, 6.07) is 1.71. The van der Waals surface area contributed by atoms with Crippen LogP contribution >= 0.6 is 0 Å². The van der Waals surface area contributed by atoms with Gasteiger partial charge in [0, 0.05) is 12.0 Å². The number of fused-ring (bicyclic) bond motifs is 1. The van der Waals surface area contributed by atoms with Crippen molar-refractivity contribution in [2.24, 2.45) is 0 Å². The third-order valence-corrected chi connectivity index (χ3v) is 4.02. The molecule has 0 aliphatic rings. The van der Waals surface area contributed by atoms with Crippen LogP contribution < -0.4 is 10.1 Å². The summed E-state index contributed by atoms with van der Waals surface area (Å²) in [6.45, 7) is 3.37. The van der Waals surface area contributed by atoms with E-state index in [1.807, 2.05) is 6.92 Å². The number of alkyl halides is 3. The highest BCUT2D eigenvalue weighted by Gasteiger charge is 2.37. The molecule has 0 fully saturated rings. The summed E-state index contributed by atoms with van der Waals surface area (Å²) < 4.78 is 49.6. The largest absolute Gasteiger partial charge is 0.493 e. The first kappa shape index (κ1) is 21.5. The fourth-order valence-electron chi connectivity index (χ4n) is 2.66. The van der Waals surface area contributed by atoms with Crippen LogP contribution in [0.4, 0.5) is 13.2 Å². The average Bonchev–Trinajstić information content (AvgIpc) is 3.04. The Kier molecular flexibility index (Phi) is 6.87. The van der Waals surface area contributed by atoms with Crippen molar-refractivity contribution in [1.29, 1.82) is 0 Å². The van der Waals surface area contributed by atoms with Crippen LogP contribution in [-0.4, -0.2) is 34.8 Å². The number of carbonyl (C=O) groups is 2. The molecule has 0 aliphatic heterocycles. The van der Waals surface area contributed by atoms with E-state index < -0.39 is 29.8 Å². The van der Waals surface area contributed by atoms with Crippen molar-refractivity contribution < 1.29 is 37.1 Å². The zero-order chi connectivity index (χ0) is 20.9. The lowest BCUT2D eigenvalue weighted by molar-refractivity contribution is -0.142. The van der Waals surface area contributed by atoms with E-state index in [0.717, 1.165) is 0 Å². The van der Waals surface area contributed by atoms with Crippen molar-refractivity contribution in [3.63, 3.8) is 0 Å². The molecule has 1 atom stereocenters. The van der Waals surface area contributed by atoms with E-state index in [1.54, 1.807) is 0 Å². The second-order valence-corrected chi connectivity index (χ2v) is 6.28. The molecule has 10 heteroatoms. The molecular formula is C18H21F3N2O5. The van der Waals surface area contributed by atoms with Gasteiger partial charge in [-0.2, -0.15) is 13.2 Å². The van der Waals surface area contributed by atoms with Gasteiger partial charge in [-0.05, 0) is 31.9 Å². The lowest BCUT2D eigenvalue weighted by Crippen LogP contribution is -2.38. The van der Waals surface area contributed by atoms with Crippen LogP contribution in [0.15, 0.2) is 16.7 Å². The summed E-state index contributed by atoms with van der Waals surface area (Å²) in [5, 5.41) is 14.1. The number of halogens is 3. The number of amides is 1. The van der Waals surface area contributed by atoms with Crippen LogP contribution in [0.5, 0.6) is 5.75 Å². The number of nitrogens with one attached hydrogen (secondary N) is 1. The molecule has 1 heterocycles. The molecule has 0 unspecified atom stereocenters. The standard InChI is InChI=1S/C18H21F3N2O5/c1-3-5-11-13(27-9-4-6-14(24)22-10(2)17(25)26)8-7-12-15(11)28-23-16(12)18(19,20)21/h7-8,10H,3-6,9H2,1-2H3,(H,22,24)(H,25,26)/t10-/m0/s1. The van der Waals surface area contributed by atoms with E-state index in [1.165, 1.54) is 19.1 Å². The van der Waals surface area contributed by atoms with Crippen LogP contribution in [0.25, 0.3) is 11.0 Å². The van der Waals surface area contributed by atoms with Crippen LogP contribution in [0, 0.1) is 0 Å². The molecule has 1 aromatic heterocycles. The van der Waals surface area contributed by atoms with Gasteiger partial charge in [0.25, 0.3) is 0 Å². The lowest BCUT2D eigenvalue weighted by Gasteiger charge is -2.12. The molecule has 0 spiro atoms. The van der Waals surface area contributed by atoms with Crippen LogP contribution in [0.1, 0.15) is 44.4 Å². The monoisotopic (exact) mass is 402 g/mol. The Labute approximate surface area is 158 Å². The molecular weight excluding hydrogens is 381 g/mol. The number of hydrogen-bond acceptors (Lipinski definition) is 5. The predicted octanol–water partition coefficient (Wildman–Crippen LogP) is 3.55. The molecule has 2 aromatic rings. The van der Waals surface area contributed by atoms with Crippen molar-refractivity contribution in [2.45, 2.75) is 51.7 Å². The van der Waals surface area contributed by atoms with E-state index in [2.05, 4.69) is 10.5 Å². The first-order chi connectivity index (χ1) is 13.1. The maximum Gasteiger partial charge on any atom is 0.437 e. The number of rotatable bonds is 9. The van der Waals surface area contributed by atoms with Gasteiger partial charge >= 0.3 is 12.1 Å². The Bertz CT molecular complexity index is 848. The quantitative estimate of drug-likeness (QED) is 0.622. The van der Waals surface area contributed by atoms with Crippen molar-refractivity contribution in [3.8, 4) is 5.75 Å². The minimum Gasteiger partial charge on any atom is -0.493 e. The predicted molar refractivity (Wildman–Crippen MR) is 93.0 cm³/mol. The summed E-state index contributed by atoms with van der Waals surface area (Å²) in [7, 11) is 0. The second-order valence-electron chi connectivity index (χ2n) is 6.28.